The number of fused-ring (bicyclic) bond motifs is 1. The zero-order chi connectivity index (χ0) is 16.7. The summed E-state index contributed by atoms with van der Waals surface area (Å²) in [5, 5.41) is 14.4. The molecule has 1 aromatic carbocycles. The van der Waals surface area contributed by atoms with Crippen molar-refractivity contribution >= 4 is 23.3 Å². The first kappa shape index (κ1) is 15.4. The molecule has 1 atom stereocenters. The summed E-state index contributed by atoms with van der Waals surface area (Å²) in [6, 6.07) is 5.92. The van der Waals surface area contributed by atoms with Crippen LogP contribution in [0.15, 0.2) is 23.6 Å². The summed E-state index contributed by atoms with van der Waals surface area (Å²) in [5.74, 6) is 1.18. The van der Waals surface area contributed by atoms with Crippen LogP contribution in [0.5, 0.6) is 5.75 Å². The summed E-state index contributed by atoms with van der Waals surface area (Å²) < 4.78 is 9.51. The molecule has 1 aromatic heterocycles. The lowest BCUT2D eigenvalue weighted by molar-refractivity contribution is 0.0235. The Kier molecular flexibility index (Phi) is 3.90. The van der Waals surface area contributed by atoms with Crippen LogP contribution < -0.4 is 15.8 Å². The quantitative estimate of drug-likeness (QED) is 0.786. The van der Waals surface area contributed by atoms with Crippen molar-refractivity contribution in [3.8, 4) is 5.75 Å². The zero-order valence-corrected chi connectivity index (χ0v) is 13.9. The van der Waals surface area contributed by atoms with E-state index in [1.165, 1.54) is 17.1 Å². The largest absolute Gasteiger partial charge is 0.493 e. The topological polar surface area (TPSA) is 97.5 Å². The van der Waals surface area contributed by atoms with E-state index >= 15 is 0 Å². The van der Waals surface area contributed by atoms with Crippen LogP contribution in [0.25, 0.3) is 0 Å². The summed E-state index contributed by atoms with van der Waals surface area (Å²) in [5.41, 5.74) is 8.38. The first-order valence-electron chi connectivity index (χ1n) is 8.06. The highest BCUT2D eigenvalue weighted by Crippen LogP contribution is 2.40. The summed E-state index contributed by atoms with van der Waals surface area (Å²) in [6.45, 7) is 0.703. The van der Waals surface area contributed by atoms with Gasteiger partial charge in [-0.1, -0.05) is 6.07 Å². The molecular formula is C17H19N3O3S. The highest BCUT2D eigenvalue weighted by atomic mass is 32.1. The first-order valence-corrected chi connectivity index (χ1v) is 8.90. The number of nitrogens with one attached hydrogen (secondary N) is 1. The van der Waals surface area contributed by atoms with Gasteiger partial charge in [0.1, 0.15) is 11.6 Å². The van der Waals surface area contributed by atoms with Gasteiger partial charge in [0.05, 0.1) is 24.3 Å². The molecule has 4 rings (SSSR count). The second-order valence-corrected chi connectivity index (χ2v) is 7.04. The summed E-state index contributed by atoms with van der Waals surface area (Å²) in [6.07, 6.45) is 1.99. The molecule has 1 saturated carbocycles. The minimum Gasteiger partial charge on any atom is -0.493 e. The maximum atomic E-state index is 12.6. The van der Waals surface area contributed by atoms with Crippen LogP contribution in [-0.4, -0.2) is 28.1 Å². The maximum absolute atomic E-state index is 12.6. The maximum Gasteiger partial charge on any atom is 0.256 e. The van der Waals surface area contributed by atoms with Crippen LogP contribution in [0, 0.1) is 5.92 Å². The van der Waals surface area contributed by atoms with E-state index in [-0.39, 0.29) is 29.8 Å². The van der Waals surface area contributed by atoms with Gasteiger partial charge in [-0.25, -0.2) is 0 Å². The molecule has 1 aliphatic heterocycles. The summed E-state index contributed by atoms with van der Waals surface area (Å²) in [4.78, 5) is 12.6. The number of aromatic nitrogens is 1. The van der Waals surface area contributed by atoms with Gasteiger partial charge in [0.15, 0.2) is 0 Å². The number of amides is 1. The Labute approximate surface area is 143 Å². The number of nitrogens with two attached hydrogens (primary N) is 1. The number of hydrogen-bond donors (Lipinski definition) is 3. The molecule has 126 valence electrons. The molecule has 2 aromatic rings. The molecular weight excluding hydrogens is 326 g/mol. The second kappa shape index (κ2) is 6.07. The van der Waals surface area contributed by atoms with Gasteiger partial charge in [0.25, 0.3) is 5.91 Å². The van der Waals surface area contributed by atoms with Gasteiger partial charge in [-0.05, 0) is 53.6 Å². The molecule has 7 heteroatoms. The van der Waals surface area contributed by atoms with Gasteiger partial charge in [-0.3, -0.25) is 4.79 Å². The van der Waals surface area contributed by atoms with Crippen molar-refractivity contribution in [3.63, 3.8) is 0 Å². The lowest BCUT2D eigenvalue weighted by Crippen LogP contribution is -2.41. The summed E-state index contributed by atoms with van der Waals surface area (Å²) >= 11 is 1.17. The molecule has 2 heterocycles. The molecule has 2 aliphatic rings. The average Bonchev–Trinajstić information content (AvgIpc) is 3.17. The Hall–Kier alpha value is -2.12. The Bertz CT molecular complexity index is 770. The van der Waals surface area contributed by atoms with E-state index in [2.05, 4.69) is 15.8 Å². The van der Waals surface area contributed by atoms with Gasteiger partial charge in [0.2, 0.25) is 0 Å². The molecule has 0 radical (unpaired) electrons. The lowest BCUT2D eigenvalue weighted by atomic mass is 9.74. The number of carbonyl (C=O) groups is 1. The van der Waals surface area contributed by atoms with Crippen LogP contribution in [0.3, 0.4) is 0 Å². The van der Waals surface area contributed by atoms with E-state index in [0.29, 0.717) is 25.0 Å². The van der Waals surface area contributed by atoms with Crippen molar-refractivity contribution in [2.75, 3.05) is 12.3 Å². The third-order valence-corrected chi connectivity index (χ3v) is 5.47. The van der Waals surface area contributed by atoms with E-state index in [0.717, 1.165) is 17.7 Å². The second-order valence-electron chi connectivity index (χ2n) is 6.42. The van der Waals surface area contributed by atoms with E-state index in [9.17, 15) is 9.90 Å². The highest BCUT2D eigenvalue weighted by molar-refractivity contribution is 7.04. The Morgan fingerprint density at radius 3 is 3.00 bits per heavy atom. The number of aliphatic hydroxyl groups excluding tert-OH is 1. The number of hydrogen-bond acceptors (Lipinski definition) is 6. The number of nitrogens with zero attached hydrogens (tertiary/aromatic N) is 1. The van der Waals surface area contributed by atoms with Crippen LogP contribution >= 0.6 is 11.5 Å². The van der Waals surface area contributed by atoms with Crippen molar-refractivity contribution in [1.29, 1.82) is 0 Å². The third kappa shape index (κ3) is 2.74. The molecule has 0 unspecified atom stereocenters. The number of anilines is 1. The van der Waals surface area contributed by atoms with Gasteiger partial charge in [0, 0.05) is 11.8 Å². The predicted octanol–water partition coefficient (Wildman–Crippen LogP) is 1.90. The Balaban J connectivity index is 1.60. The Morgan fingerprint density at radius 1 is 1.46 bits per heavy atom. The van der Waals surface area contributed by atoms with Gasteiger partial charge in [-0.2, -0.15) is 4.37 Å². The van der Waals surface area contributed by atoms with Crippen LogP contribution in [-0.2, 0) is 6.42 Å². The highest BCUT2D eigenvalue weighted by Gasteiger charge is 2.36. The van der Waals surface area contributed by atoms with Crippen molar-refractivity contribution < 1.29 is 14.6 Å². The number of rotatable bonds is 4. The number of carbonyl (C=O) groups excluding carboxylic acids is 1. The fourth-order valence-electron chi connectivity index (χ4n) is 3.41. The van der Waals surface area contributed by atoms with Gasteiger partial charge >= 0.3 is 0 Å². The number of aliphatic hydroxyl groups is 1. The normalized spacial score (nSPS) is 23.0. The molecule has 1 amide bonds. The molecule has 0 spiro atoms. The van der Waals surface area contributed by atoms with Gasteiger partial charge < -0.3 is 20.9 Å². The molecule has 0 bridgehead atoms. The minimum atomic E-state index is -0.278. The van der Waals surface area contributed by atoms with E-state index < -0.39 is 0 Å². The van der Waals surface area contributed by atoms with Crippen LogP contribution in [0.4, 0.5) is 5.82 Å². The molecule has 1 fully saturated rings. The lowest BCUT2D eigenvalue weighted by Gasteiger charge is -2.38. The van der Waals surface area contributed by atoms with Crippen molar-refractivity contribution in [2.45, 2.75) is 31.4 Å². The SMILES string of the molecule is Nc1nscc1C(=O)N[C@@H](c1ccc2c(c1)CCO2)C1CC(O)C1. The van der Waals surface area contributed by atoms with E-state index in [1.807, 2.05) is 12.1 Å². The molecule has 6 nitrogen and oxygen atoms in total. The molecule has 0 saturated heterocycles. The fourth-order valence-corrected chi connectivity index (χ4v) is 4.01. The van der Waals surface area contributed by atoms with Crippen molar-refractivity contribution in [1.82, 2.24) is 9.69 Å². The standard InChI is InChI=1S/C17H19N3O3S/c18-16-13(8-24-20-16)17(22)19-15(11-6-12(21)7-11)10-1-2-14-9(5-10)3-4-23-14/h1-2,5,8,11-12,15,21H,3-4,6-7H2,(H2,18,20)(H,19,22)/t11?,12?,15-/m0/s1. The zero-order valence-electron chi connectivity index (χ0n) is 13.1. The monoisotopic (exact) mass is 345 g/mol. The van der Waals surface area contributed by atoms with Crippen LogP contribution in [0.2, 0.25) is 0 Å². The average molecular weight is 345 g/mol. The third-order valence-electron chi connectivity index (χ3n) is 4.82. The van der Waals surface area contributed by atoms with Crippen molar-refractivity contribution in [3.05, 3.63) is 40.3 Å². The fraction of sp³-hybridized carbons (Fsp3) is 0.412. The predicted molar refractivity (Wildman–Crippen MR) is 91.1 cm³/mol. The Morgan fingerprint density at radius 2 is 2.29 bits per heavy atom. The smallest absolute Gasteiger partial charge is 0.256 e. The molecule has 4 N–H and O–H groups in total. The van der Waals surface area contributed by atoms with E-state index in [4.69, 9.17) is 10.5 Å². The number of benzene rings is 1. The van der Waals surface area contributed by atoms with Crippen LogP contribution in [0.1, 0.15) is 40.4 Å². The molecule has 1 aliphatic carbocycles. The number of ether oxygens (including phenoxy) is 1. The minimum absolute atomic E-state index is 0.147. The van der Waals surface area contributed by atoms with E-state index in [1.54, 1.807) is 5.38 Å². The molecule has 24 heavy (non-hydrogen) atoms. The first-order chi connectivity index (χ1) is 11.6. The summed E-state index contributed by atoms with van der Waals surface area (Å²) in [7, 11) is 0. The van der Waals surface area contributed by atoms with Crippen molar-refractivity contribution in [2.24, 2.45) is 5.92 Å². The van der Waals surface area contributed by atoms with Gasteiger partial charge in [-0.15, -0.1) is 0 Å². The number of nitrogen functional groups attached to an aromatic ring is 1.